The molecule has 0 aliphatic rings. The van der Waals surface area contributed by atoms with E-state index in [9.17, 15) is 13.2 Å². The van der Waals surface area contributed by atoms with Crippen LogP contribution < -0.4 is 15.2 Å². The monoisotopic (exact) mass is 464 g/mol. The SMILES string of the molecule is NS(=O)(=O)c1cccc(CNC(=O)c2ccc(COc3ccc(Br)cc3)o2)c1. The van der Waals surface area contributed by atoms with Crippen molar-refractivity contribution in [3.05, 3.63) is 82.2 Å². The Balaban J connectivity index is 1.56. The Morgan fingerprint density at radius 1 is 1.11 bits per heavy atom. The van der Waals surface area contributed by atoms with Crippen molar-refractivity contribution in [1.82, 2.24) is 5.32 Å². The number of carbonyl (C=O) groups is 1. The number of primary sulfonamides is 1. The minimum absolute atomic E-state index is 0.00961. The van der Waals surface area contributed by atoms with Gasteiger partial charge in [0.2, 0.25) is 10.0 Å². The van der Waals surface area contributed by atoms with Crippen LogP contribution in [0.2, 0.25) is 0 Å². The van der Waals surface area contributed by atoms with Crippen LogP contribution in [0, 0.1) is 0 Å². The maximum atomic E-state index is 12.2. The van der Waals surface area contributed by atoms with Crippen molar-refractivity contribution in [2.24, 2.45) is 5.14 Å². The van der Waals surface area contributed by atoms with Crippen LogP contribution >= 0.6 is 15.9 Å². The van der Waals surface area contributed by atoms with Gasteiger partial charge < -0.3 is 14.5 Å². The first kappa shape index (κ1) is 20.1. The van der Waals surface area contributed by atoms with Gasteiger partial charge in [0, 0.05) is 11.0 Å². The van der Waals surface area contributed by atoms with Crippen molar-refractivity contribution < 1.29 is 22.4 Å². The smallest absolute Gasteiger partial charge is 0.287 e. The highest BCUT2D eigenvalue weighted by Crippen LogP contribution is 2.18. The molecule has 0 fully saturated rings. The van der Waals surface area contributed by atoms with Crippen molar-refractivity contribution in [3.8, 4) is 5.75 Å². The minimum Gasteiger partial charge on any atom is -0.486 e. The van der Waals surface area contributed by atoms with E-state index in [2.05, 4.69) is 21.2 Å². The second-order valence-electron chi connectivity index (χ2n) is 5.88. The summed E-state index contributed by atoms with van der Waals surface area (Å²) in [5.74, 6) is 0.900. The highest BCUT2D eigenvalue weighted by atomic mass is 79.9. The van der Waals surface area contributed by atoms with Crippen molar-refractivity contribution in [2.45, 2.75) is 18.0 Å². The van der Waals surface area contributed by atoms with Crippen LogP contribution in [0.5, 0.6) is 5.75 Å². The fraction of sp³-hybridized carbons (Fsp3) is 0.105. The van der Waals surface area contributed by atoms with Crippen LogP contribution in [-0.2, 0) is 23.2 Å². The summed E-state index contributed by atoms with van der Waals surface area (Å²) in [7, 11) is -3.79. The minimum atomic E-state index is -3.79. The number of hydrogen-bond donors (Lipinski definition) is 2. The summed E-state index contributed by atoms with van der Waals surface area (Å²) >= 11 is 3.35. The number of benzene rings is 2. The van der Waals surface area contributed by atoms with Crippen molar-refractivity contribution in [2.75, 3.05) is 0 Å². The first-order chi connectivity index (χ1) is 13.3. The summed E-state index contributed by atoms with van der Waals surface area (Å²) in [6.07, 6.45) is 0. The zero-order valence-corrected chi connectivity index (χ0v) is 17.0. The number of hydrogen-bond acceptors (Lipinski definition) is 5. The molecule has 146 valence electrons. The predicted molar refractivity (Wildman–Crippen MR) is 106 cm³/mol. The Morgan fingerprint density at radius 3 is 2.57 bits per heavy atom. The Kier molecular flexibility index (Phi) is 6.18. The molecule has 0 bridgehead atoms. The normalized spacial score (nSPS) is 11.2. The number of amides is 1. The lowest BCUT2D eigenvalue weighted by Crippen LogP contribution is -2.22. The number of furan rings is 1. The summed E-state index contributed by atoms with van der Waals surface area (Å²) in [6, 6.07) is 16.6. The quantitative estimate of drug-likeness (QED) is 0.557. The number of halogens is 1. The van der Waals surface area contributed by atoms with Crippen LogP contribution in [0.25, 0.3) is 0 Å². The maximum absolute atomic E-state index is 12.2. The molecular formula is C19H17BrN2O5S. The summed E-state index contributed by atoms with van der Waals surface area (Å²) in [6.45, 7) is 0.318. The van der Waals surface area contributed by atoms with Gasteiger partial charge in [-0.1, -0.05) is 28.1 Å². The first-order valence-electron chi connectivity index (χ1n) is 8.18. The second kappa shape index (κ2) is 8.59. The Labute approximate surface area is 170 Å². The first-order valence-corrected chi connectivity index (χ1v) is 10.5. The Hall–Kier alpha value is -2.62. The van der Waals surface area contributed by atoms with Gasteiger partial charge in [-0.25, -0.2) is 13.6 Å². The number of rotatable bonds is 7. The molecule has 0 radical (unpaired) electrons. The van der Waals surface area contributed by atoms with Crippen molar-refractivity contribution in [3.63, 3.8) is 0 Å². The van der Waals surface area contributed by atoms with Gasteiger partial charge in [0.05, 0.1) is 4.90 Å². The number of sulfonamides is 1. The molecule has 3 aromatic rings. The lowest BCUT2D eigenvalue weighted by atomic mass is 10.2. The van der Waals surface area contributed by atoms with Gasteiger partial charge >= 0.3 is 0 Å². The van der Waals surface area contributed by atoms with Gasteiger partial charge in [0.15, 0.2) is 5.76 Å². The predicted octanol–water partition coefficient (Wildman–Crippen LogP) is 3.20. The molecule has 0 unspecified atom stereocenters. The molecule has 2 aromatic carbocycles. The second-order valence-corrected chi connectivity index (χ2v) is 8.36. The van der Waals surface area contributed by atoms with Crippen LogP contribution in [0.4, 0.5) is 0 Å². The molecule has 0 saturated heterocycles. The van der Waals surface area contributed by atoms with Crippen LogP contribution in [0.1, 0.15) is 21.9 Å². The zero-order chi connectivity index (χ0) is 20.1. The van der Waals surface area contributed by atoms with Gasteiger partial charge in [0.1, 0.15) is 18.1 Å². The molecule has 3 rings (SSSR count). The molecule has 0 aliphatic carbocycles. The molecule has 0 spiro atoms. The van der Waals surface area contributed by atoms with E-state index in [1.54, 1.807) is 24.3 Å². The molecule has 0 saturated carbocycles. The van der Waals surface area contributed by atoms with Crippen molar-refractivity contribution >= 4 is 31.9 Å². The highest BCUT2D eigenvalue weighted by molar-refractivity contribution is 9.10. The average molecular weight is 465 g/mol. The molecule has 1 heterocycles. The summed E-state index contributed by atoms with van der Waals surface area (Å²) in [5.41, 5.74) is 0.602. The standard InChI is InChI=1S/C19H17BrN2O5S/c20-14-4-6-15(7-5-14)26-12-16-8-9-18(27-16)19(23)22-11-13-2-1-3-17(10-13)28(21,24)25/h1-10H,11-12H2,(H,22,23)(H2,21,24,25). The molecule has 9 heteroatoms. The Bertz CT molecular complexity index is 1080. The van der Waals surface area contributed by atoms with E-state index in [4.69, 9.17) is 14.3 Å². The van der Waals surface area contributed by atoms with Crippen LogP contribution in [0.15, 0.2) is 74.4 Å². The molecular weight excluding hydrogens is 448 g/mol. The van der Waals surface area contributed by atoms with Crippen molar-refractivity contribution in [1.29, 1.82) is 0 Å². The molecule has 28 heavy (non-hydrogen) atoms. The van der Waals surface area contributed by atoms with Gasteiger partial charge in [0.25, 0.3) is 5.91 Å². The highest BCUT2D eigenvalue weighted by Gasteiger charge is 2.13. The molecule has 7 nitrogen and oxygen atoms in total. The van der Waals surface area contributed by atoms with Gasteiger partial charge in [-0.05, 0) is 54.1 Å². The number of ether oxygens (including phenoxy) is 1. The molecule has 0 aliphatic heterocycles. The zero-order valence-electron chi connectivity index (χ0n) is 14.6. The topological polar surface area (TPSA) is 112 Å². The van der Waals surface area contributed by atoms with E-state index < -0.39 is 15.9 Å². The summed E-state index contributed by atoms with van der Waals surface area (Å²) in [4.78, 5) is 12.2. The van der Waals surface area contributed by atoms with Gasteiger partial charge in [-0.15, -0.1) is 0 Å². The average Bonchev–Trinajstić information content (AvgIpc) is 3.14. The summed E-state index contributed by atoms with van der Waals surface area (Å²) in [5, 5.41) is 7.78. The van der Waals surface area contributed by atoms with Crippen LogP contribution in [-0.4, -0.2) is 14.3 Å². The number of nitrogens with two attached hydrogens (primary N) is 1. The fourth-order valence-corrected chi connectivity index (χ4v) is 3.21. The maximum Gasteiger partial charge on any atom is 0.287 e. The molecule has 3 N–H and O–H groups in total. The lowest BCUT2D eigenvalue weighted by molar-refractivity contribution is 0.0919. The van der Waals surface area contributed by atoms with Gasteiger partial charge in [-0.2, -0.15) is 0 Å². The molecule has 1 amide bonds. The third-order valence-corrected chi connectivity index (χ3v) is 5.20. The van der Waals surface area contributed by atoms with E-state index in [0.29, 0.717) is 17.1 Å². The number of nitrogens with one attached hydrogen (secondary N) is 1. The van der Waals surface area contributed by atoms with E-state index in [0.717, 1.165) is 4.47 Å². The molecule has 0 atom stereocenters. The number of carbonyl (C=O) groups excluding carboxylic acids is 1. The Morgan fingerprint density at radius 2 is 1.86 bits per heavy atom. The van der Waals surface area contributed by atoms with E-state index in [1.165, 1.54) is 12.1 Å². The fourth-order valence-electron chi connectivity index (χ4n) is 2.36. The largest absolute Gasteiger partial charge is 0.486 e. The van der Waals surface area contributed by atoms with E-state index in [1.807, 2.05) is 24.3 Å². The third kappa shape index (κ3) is 5.44. The molecule has 1 aromatic heterocycles. The van der Waals surface area contributed by atoms with E-state index in [-0.39, 0.29) is 23.8 Å². The summed E-state index contributed by atoms with van der Waals surface area (Å²) < 4.78 is 34.8. The third-order valence-electron chi connectivity index (χ3n) is 3.76. The lowest BCUT2D eigenvalue weighted by Gasteiger charge is -2.06. The van der Waals surface area contributed by atoms with Crippen LogP contribution in [0.3, 0.4) is 0 Å². The van der Waals surface area contributed by atoms with Gasteiger partial charge in [-0.3, -0.25) is 4.79 Å². The van der Waals surface area contributed by atoms with E-state index >= 15 is 0 Å².